The highest BCUT2D eigenvalue weighted by Crippen LogP contribution is 2.26. The lowest BCUT2D eigenvalue weighted by atomic mass is 10.1. The number of nitrogens with zero attached hydrogens (tertiary/aromatic N) is 3. The molecule has 2 aromatic carbocycles. The second kappa shape index (κ2) is 21.4. The number of anilines is 4. The van der Waals surface area contributed by atoms with Gasteiger partial charge in [-0.2, -0.15) is 0 Å². The fourth-order valence-electron chi connectivity index (χ4n) is 4.63. The fraction of sp³-hybridized carbons (Fsp3) is 0.400. The number of amides is 2. The summed E-state index contributed by atoms with van der Waals surface area (Å²) in [5, 5.41) is 7.75. The molecule has 7 N–H and O–H groups in total. The molecular weight excluding hydrogens is 792 g/mol. The molecule has 0 saturated heterocycles. The molecule has 2 heterocycles. The molecular formula is C35H47Br2ClN8O4. The standard InChI is InChI=1S/C20H27BrN4O3.C15H19BrN4O.ClH/c1-20(2,3)28-19(27)25-16(13-23-18(25)22)14-8-7-9-15(12-14)24-17(26)10-5-4-6-11-21;16-8-3-1-2-7-14(21)19-12-6-4-5-11(9-12)13-10-18-15(17)20-13;/h7-9,12-13H,4-6,10-11H2,1-3H3,(H2,22,23)(H,24,26);4-6,9-10H,1-3,7-8H2,(H,19,21)(H3,17,18,20);1H. The van der Waals surface area contributed by atoms with Gasteiger partial charge < -0.3 is 31.8 Å². The van der Waals surface area contributed by atoms with Crippen LogP contribution in [-0.4, -0.2) is 53.7 Å². The van der Waals surface area contributed by atoms with Crippen LogP contribution in [0.25, 0.3) is 22.5 Å². The predicted octanol–water partition coefficient (Wildman–Crippen LogP) is 8.78. The van der Waals surface area contributed by atoms with Crippen LogP contribution in [-0.2, 0) is 14.3 Å². The number of nitrogens with one attached hydrogen (secondary N) is 3. The van der Waals surface area contributed by atoms with Gasteiger partial charge in [0.2, 0.25) is 17.8 Å². The van der Waals surface area contributed by atoms with E-state index < -0.39 is 11.7 Å². The highest BCUT2D eigenvalue weighted by atomic mass is 79.9. The molecule has 0 fully saturated rings. The maximum Gasteiger partial charge on any atom is 0.421 e. The van der Waals surface area contributed by atoms with Crippen LogP contribution in [0.2, 0.25) is 0 Å². The van der Waals surface area contributed by atoms with Gasteiger partial charge in [-0.05, 0) is 70.7 Å². The molecule has 50 heavy (non-hydrogen) atoms. The number of hydrogen-bond acceptors (Lipinski definition) is 8. The number of aromatic nitrogens is 4. The van der Waals surface area contributed by atoms with Gasteiger partial charge in [0.15, 0.2) is 5.95 Å². The van der Waals surface area contributed by atoms with Crippen LogP contribution >= 0.6 is 44.3 Å². The zero-order valence-electron chi connectivity index (χ0n) is 28.6. The smallest absolute Gasteiger partial charge is 0.421 e. The van der Waals surface area contributed by atoms with E-state index in [2.05, 4.69) is 57.4 Å². The number of alkyl halides is 2. The fourth-order valence-corrected chi connectivity index (χ4v) is 5.43. The van der Waals surface area contributed by atoms with Crippen molar-refractivity contribution in [3.05, 3.63) is 60.9 Å². The van der Waals surface area contributed by atoms with E-state index in [0.29, 0.717) is 35.7 Å². The first-order chi connectivity index (χ1) is 23.4. The van der Waals surface area contributed by atoms with Gasteiger partial charge in [-0.15, -0.1) is 12.4 Å². The predicted molar refractivity (Wildman–Crippen MR) is 211 cm³/mol. The third-order valence-corrected chi connectivity index (χ3v) is 8.06. The Morgan fingerprint density at radius 2 is 1.34 bits per heavy atom. The molecule has 272 valence electrons. The zero-order chi connectivity index (χ0) is 35.8. The van der Waals surface area contributed by atoms with Crippen molar-refractivity contribution >= 4 is 85.4 Å². The monoisotopic (exact) mass is 836 g/mol. The highest BCUT2D eigenvalue weighted by molar-refractivity contribution is 9.09. The number of unbranched alkanes of at least 4 members (excludes halogenated alkanes) is 4. The SMILES string of the molecule is CC(C)(C)OC(=O)n1c(-c2cccc(NC(=O)CCCCCBr)c2)cnc1N.Cl.Nc1ncc(-c2cccc(NC(=O)CCCCCBr)c2)[nH]1. The van der Waals surface area contributed by atoms with Gasteiger partial charge in [0.1, 0.15) is 5.60 Å². The molecule has 0 aliphatic heterocycles. The van der Waals surface area contributed by atoms with Crippen LogP contribution in [0, 0.1) is 0 Å². The van der Waals surface area contributed by atoms with Gasteiger partial charge in [0, 0.05) is 46.0 Å². The lowest BCUT2D eigenvalue weighted by molar-refractivity contribution is -0.117. The van der Waals surface area contributed by atoms with Gasteiger partial charge in [0.05, 0.1) is 23.8 Å². The molecule has 0 spiro atoms. The Labute approximate surface area is 316 Å². The number of hydrogen-bond donors (Lipinski definition) is 5. The maximum absolute atomic E-state index is 12.5. The third kappa shape index (κ3) is 14.5. The van der Waals surface area contributed by atoms with E-state index in [9.17, 15) is 14.4 Å². The van der Waals surface area contributed by atoms with Gasteiger partial charge in [0.25, 0.3) is 0 Å². The molecule has 2 aromatic heterocycles. The summed E-state index contributed by atoms with van der Waals surface area (Å²) in [7, 11) is 0. The van der Waals surface area contributed by atoms with Crippen molar-refractivity contribution in [2.24, 2.45) is 0 Å². The molecule has 0 aliphatic carbocycles. The number of H-pyrrole nitrogens is 1. The molecule has 0 aliphatic rings. The summed E-state index contributed by atoms with van der Waals surface area (Å²) in [4.78, 5) is 47.5. The van der Waals surface area contributed by atoms with Crippen molar-refractivity contribution in [2.45, 2.75) is 77.7 Å². The molecule has 2 amide bonds. The van der Waals surface area contributed by atoms with Crippen LogP contribution in [0.4, 0.5) is 28.1 Å². The minimum atomic E-state index is -0.657. The molecule has 15 heteroatoms. The van der Waals surface area contributed by atoms with Gasteiger partial charge in [-0.25, -0.2) is 19.3 Å². The summed E-state index contributed by atoms with van der Waals surface area (Å²) >= 11 is 6.77. The normalized spacial score (nSPS) is 10.7. The lowest BCUT2D eigenvalue weighted by Crippen LogP contribution is -2.28. The summed E-state index contributed by atoms with van der Waals surface area (Å²) in [5.41, 5.74) is 15.2. The number of imidazole rings is 2. The Kier molecular flexibility index (Phi) is 18.1. The number of ether oxygens (including phenoxy) is 1. The first kappa shape index (κ1) is 42.3. The van der Waals surface area contributed by atoms with E-state index in [1.807, 2.05) is 30.3 Å². The molecule has 4 aromatic rings. The van der Waals surface area contributed by atoms with Crippen molar-refractivity contribution in [2.75, 3.05) is 32.8 Å². The summed E-state index contributed by atoms with van der Waals surface area (Å²) in [6, 6.07) is 14.8. The summed E-state index contributed by atoms with van der Waals surface area (Å²) in [5.74, 6) is 0.439. The minimum absolute atomic E-state index is 0. The van der Waals surface area contributed by atoms with E-state index in [4.69, 9.17) is 16.2 Å². The van der Waals surface area contributed by atoms with E-state index in [0.717, 1.165) is 66.1 Å². The van der Waals surface area contributed by atoms with Crippen molar-refractivity contribution in [1.82, 2.24) is 19.5 Å². The number of aromatic amines is 1. The Bertz CT molecular complexity index is 1670. The number of carbonyl (C=O) groups excluding carboxylic acids is 3. The number of nitrogen functional groups attached to an aromatic ring is 2. The van der Waals surface area contributed by atoms with E-state index in [-0.39, 0.29) is 30.2 Å². The van der Waals surface area contributed by atoms with Gasteiger partial charge in [-0.3, -0.25) is 9.59 Å². The highest BCUT2D eigenvalue weighted by Gasteiger charge is 2.23. The Morgan fingerprint density at radius 3 is 1.84 bits per heavy atom. The first-order valence-electron chi connectivity index (χ1n) is 16.2. The maximum atomic E-state index is 12.5. The quantitative estimate of drug-likeness (QED) is 0.0617. The Balaban J connectivity index is 0.000000353. The first-order valence-corrected chi connectivity index (χ1v) is 18.4. The van der Waals surface area contributed by atoms with Gasteiger partial charge in [-0.1, -0.05) is 69.0 Å². The van der Waals surface area contributed by atoms with Crippen molar-refractivity contribution in [1.29, 1.82) is 0 Å². The Hall–Kier alpha value is -3.88. The Morgan fingerprint density at radius 1 is 0.800 bits per heavy atom. The summed E-state index contributed by atoms with van der Waals surface area (Å²) in [6.07, 6.45) is 9.60. The zero-order valence-corrected chi connectivity index (χ0v) is 32.6. The summed E-state index contributed by atoms with van der Waals surface area (Å²) in [6.45, 7) is 5.35. The van der Waals surface area contributed by atoms with Crippen LogP contribution in [0.1, 0.15) is 72.1 Å². The number of benzene rings is 2. The molecule has 0 bridgehead atoms. The molecule has 12 nitrogen and oxygen atoms in total. The van der Waals surface area contributed by atoms with Crippen molar-refractivity contribution in [3.8, 4) is 22.5 Å². The summed E-state index contributed by atoms with van der Waals surface area (Å²) < 4.78 is 6.64. The average Bonchev–Trinajstić information content (AvgIpc) is 3.66. The molecule has 4 rings (SSSR count). The minimum Gasteiger partial charge on any atom is -0.443 e. The van der Waals surface area contributed by atoms with Crippen LogP contribution < -0.4 is 22.1 Å². The third-order valence-electron chi connectivity index (χ3n) is 6.94. The van der Waals surface area contributed by atoms with Crippen molar-refractivity contribution in [3.63, 3.8) is 0 Å². The molecule has 0 saturated carbocycles. The van der Waals surface area contributed by atoms with Crippen molar-refractivity contribution < 1.29 is 19.1 Å². The number of halogens is 3. The number of carbonyl (C=O) groups is 3. The number of nitrogens with two attached hydrogens (primary N) is 2. The number of rotatable bonds is 14. The van der Waals surface area contributed by atoms with Crippen LogP contribution in [0.5, 0.6) is 0 Å². The van der Waals surface area contributed by atoms with E-state index in [1.54, 1.807) is 45.2 Å². The van der Waals surface area contributed by atoms with Crippen LogP contribution in [0.3, 0.4) is 0 Å². The van der Waals surface area contributed by atoms with E-state index in [1.165, 1.54) is 10.8 Å². The average molecular weight is 839 g/mol. The topological polar surface area (TPSA) is 183 Å². The lowest BCUT2D eigenvalue weighted by Gasteiger charge is -2.20. The molecule has 0 radical (unpaired) electrons. The van der Waals surface area contributed by atoms with Gasteiger partial charge >= 0.3 is 6.09 Å². The van der Waals surface area contributed by atoms with E-state index >= 15 is 0 Å². The molecule has 0 unspecified atom stereocenters. The second-order valence-corrected chi connectivity index (χ2v) is 13.8. The largest absolute Gasteiger partial charge is 0.443 e. The van der Waals surface area contributed by atoms with Crippen LogP contribution in [0.15, 0.2) is 60.9 Å². The molecule has 0 atom stereocenters. The second-order valence-electron chi connectivity index (χ2n) is 12.3.